The second-order valence-corrected chi connectivity index (χ2v) is 5.14. The van der Waals surface area contributed by atoms with Gasteiger partial charge in [-0.25, -0.2) is 0 Å². The van der Waals surface area contributed by atoms with Crippen molar-refractivity contribution in [3.63, 3.8) is 0 Å². The molecule has 0 aliphatic heterocycles. The van der Waals surface area contributed by atoms with Gasteiger partial charge < -0.3 is 5.73 Å². The minimum atomic E-state index is 0. The van der Waals surface area contributed by atoms with Crippen LogP contribution < -0.4 is 5.73 Å². The number of halogens is 1. The molecular weight excluding hydrogens is 158 g/mol. The zero-order chi connectivity index (χ0) is 7.99. The second-order valence-electron chi connectivity index (χ2n) is 5.14. The van der Waals surface area contributed by atoms with Gasteiger partial charge in [0.2, 0.25) is 0 Å². The molecule has 0 amide bonds. The van der Waals surface area contributed by atoms with Crippen molar-refractivity contribution in [1.29, 1.82) is 0 Å². The molecule has 1 aliphatic carbocycles. The van der Waals surface area contributed by atoms with Crippen LogP contribution in [0.3, 0.4) is 0 Å². The van der Waals surface area contributed by atoms with E-state index in [1.165, 1.54) is 12.8 Å². The van der Waals surface area contributed by atoms with Crippen molar-refractivity contribution in [3.05, 3.63) is 0 Å². The third-order valence-corrected chi connectivity index (χ3v) is 2.71. The Bertz CT molecular complexity index is 140. The SMILES string of the molecule is CC1(C)C[C@H](N)C(C)(C)C1.Cl. The van der Waals surface area contributed by atoms with E-state index in [0.29, 0.717) is 16.9 Å². The van der Waals surface area contributed by atoms with Crippen LogP contribution in [0, 0.1) is 10.8 Å². The first-order valence-electron chi connectivity index (χ1n) is 4.09. The maximum absolute atomic E-state index is 5.99. The van der Waals surface area contributed by atoms with Gasteiger partial charge in [0.25, 0.3) is 0 Å². The Hall–Kier alpha value is 0.250. The largest absolute Gasteiger partial charge is 0.327 e. The van der Waals surface area contributed by atoms with Gasteiger partial charge in [0.1, 0.15) is 0 Å². The molecule has 68 valence electrons. The van der Waals surface area contributed by atoms with Crippen LogP contribution in [0.1, 0.15) is 40.5 Å². The first-order chi connectivity index (χ1) is 4.33. The first-order valence-corrected chi connectivity index (χ1v) is 4.09. The van der Waals surface area contributed by atoms with Gasteiger partial charge in [-0.15, -0.1) is 12.4 Å². The summed E-state index contributed by atoms with van der Waals surface area (Å²) in [4.78, 5) is 0. The smallest absolute Gasteiger partial charge is 0.00955 e. The average molecular weight is 178 g/mol. The van der Waals surface area contributed by atoms with E-state index in [1.807, 2.05) is 0 Å². The molecule has 1 nitrogen and oxygen atoms in total. The van der Waals surface area contributed by atoms with Crippen molar-refractivity contribution in [2.45, 2.75) is 46.6 Å². The molecule has 0 saturated heterocycles. The first kappa shape index (κ1) is 11.2. The predicted molar refractivity (Wildman–Crippen MR) is 52.0 cm³/mol. The molecule has 11 heavy (non-hydrogen) atoms. The maximum Gasteiger partial charge on any atom is 0.00955 e. The van der Waals surface area contributed by atoms with E-state index < -0.39 is 0 Å². The monoisotopic (exact) mass is 177 g/mol. The number of nitrogens with two attached hydrogens (primary N) is 1. The number of hydrogen-bond acceptors (Lipinski definition) is 1. The average Bonchev–Trinajstić information content (AvgIpc) is 1.73. The molecule has 0 aromatic carbocycles. The minimum Gasteiger partial charge on any atom is -0.327 e. The fourth-order valence-corrected chi connectivity index (χ4v) is 2.31. The highest BCUT2D eigenvalue weighted by molar-refractivity contribution is 5.85. The lowest BCUT2D eigenvalue weighted by molar-refractivity contribution is 0.293. The van der Waals surface area contributed by atoms with E-state index in [9.17, 15) is 0 Å². The van der Waals surface area contributed by atoms with Crippen LogP contribution in [0.5, 0.6) is 0 Å². The summed E-state index contributed by atoms with van der Waals surface area (Å²) in [5.41, 5.74) is 6.83. The Balaban J connectivity index is 0.000001000. The predicted octanol–water partition coefficient (Wildman–Crippen LogP) is 2.58. The van der Waals surface area contributed by atoms with E-state index in [1.54, 1.807) is 0 Å². The second kappa shape index (κ2) is 2.95. The van der Waals surface area contributed by atoms with E-state index in [-0.39, 0.29) is 12.4 Å². The number of hydrogen-bond donors (Lipinski definition) is 1. The van der Waals surface area contributed by atoms with Gasteiger partial charge in [-0.2, -0.15) is 0 Å². The van der Waals surface area contributed by atoms with E-state index in [2.05, 4.69) is 27.7 Å². The molecule has 1 aliphatic rings. The fraction of sp³-hybridized carbons (Fsp3) is 1.00. The zero-order valence-corrected chi connectivity index (χ0v) is 8.79. The highest BCUT2D eigenvalue weighted by Crippen LogP contribution is 2.47. The Morgan fingerprint density at radius 3 is 1.73 bits per heavy atom. The summed E-state index contributed by atoms with van der Waals surface area (Å²) in [7, 11) is 0. The molecule has 0 aromatic rings. The van der Waals surface area contributed by atoms with Gasteiger partial charge >= 0.3 is 0 Å². The summed E-state index contributed by atoms with van der Waals surface area (Å²) in [5, 5.41) is 0. The van der Waals surface area contributed by atoms with Crippen LogP contribution in [0.4, 0.5) is 0 Å². The lowest BCUT2D eigenvalue weighted by Gasteiger charge is -2.23. The Morgan fingerprint density at radius 1 is 1.18 bits per heavy atom. The van der Waals surface area contributed by atoms with Crippen LogP contribution in [-0.4, -0.2) is 6.04 Å². The molecular formula is C9H20ClN. The summed E-state index contributed by atoms with van der Waals surface area (Å²) in [5.74, 6) is 0. The summed E-state index contributed by atoms with van der Waals surface area (Å²) >= 11 is 0. The molecule has 1 atom stereocenters. The van der Waals surface area contributed by atoms with Crippen molar-refractivity contribution in [3.8, 4) is 0 Å². The molecule has 0 spiro atoms. The van der Waals surface area contributed by atoms with Crippen LogP contribution in [0.25, 0.3) is 0 Å². The van der Waals surface area contributed by atoms with Gasteiger partial charge in [-0.3, -0.25) is 0 Å². The van der Waals surface area contributed by atoms with Gasteiger partial charge in [-0.05, 0) is 23.7 Å². The molecule has 2 heteroatoms. The molecule has 1 fully saturated rings. The van der Waals surface area contributed by atoms with Crippen LogP contribution in [0.2, 0.25) is 0 Å². The molecule has 0 unspecified atom stereocenters. The van der Waals surface area contributed by atoms with Gasteiger partial charge in [0.15, 0.2) is 0 Å². The maximum atomic E-state index is 5.99. The lowest BCUT2D eigenvalue weighted by Crippen LogP contribution is -2.31. The Labute approximate surface area is 76.1 Å². The summed E-state index contributed by atoms with van der Waals surface area (Å²) in [6.07, 6.45) is 2.45. The van der Waals surface area contributed by atoms with Crippen LogP contribution in [0.15, 0.2) is 0 Å². The third kappa shape index (κ3) is 2.34. The normalized spacial score (nSPS) is 33.0. The zero-order valence-electron chi connectivity index (χ0n) is 7.98. The molecule has 2 N–H and O–H groups in total. The molecule has 0 radical (unpaired) electrons. The van der Waals surface area contributed by atoms with E-state index in [0.717, 1.165) is 0 Å². The van der Waals surface area contributed by atoms with Crippen molar-refractivity contribution in [1.82, 2.24) is 0 Å². The van der Waals surface area contributed by atoms with Crippen molar-refractivity contribution in [2.24, 2.45) is 16.6 Å². The van der Waals surface area contributed by atoms with Crippen LogP contribution >= 0.6 is 12.4 Å². The number of rotatable bonds is 0. The standard InChI is InChI=1S/C9H19N.ClH/c1-8(2)5-7(10)9(3,4)6-8;/h7H,5-6,10H2,1-4H3;1H/t7-;/m0./s1. The molecule has 0 heterocycles. The quantitative estimate of drug-likeness (QED) is 0.605. The Morgan fingerprint density at radius 2 is 1.64 bits per heavy atom. The summed E-state index contributed by atoms with van der Waals surface area (Å²) < 4.78 is 0. The van der Waals surface area contributed by atoms with Crippen molar-refractivity contribution in [2.75, 3.05) is 0 Å². The van der Waals surface area contributed by atoms with Crippen molar-refractivity contribution >= 4 is 12.4 Å². The molecule has 0 aromatic heterocycles. The fourth-order valence-electron chi connectivity index (χ4n) is 2.31. The van der Waals surface area contributed by atoms with Gasteiger partial charge in [0, 0.05) is 6.04 Å². The highest BCUT2D eigenvalue weighted by Gasteiger charge is 2.42. The van der Waals surface area contributed by atoms with Gasteiger partial charge in [-0.1, -0.05) is 27.7 Å². The Kier molecular flexibility index (Phi) is 3.01. The molecule has 0 bridgehead atoms. The van der Waals surface area contributed by atoms with Gasteiger partial charge in [0.05, 0.1) is 0 Å². The summed E-state index contributed by atoms with van der Waals surface area (Å²) in [6, 6.07) is 0.405. The van der Waals surface area contributed by atoms with Crippen LogP contribution in [-0.2, 0) is 0 Å². The van der Waals surface area contributed by atoms with E-state index >= 15 is 0 Å². The molecule has 1 rings (SSSR count). The third-order valence-electron chi connectivity index (χ3n) is 2.71. The topological polar surface area (TPSA) is 26.0 Å². The summed E-state index contributed by atoms with van der Waals surface area (Å²) in [6.45, 7) is 9.15. The van der Waals surface area contributed by atoms with Crippen molar-refractivity contribution < 1.29 is 0 Å². The van der Waals surface area contributed by atoms with E-state index in [4.69, 9.17) is 5.73 Å². The lowest BCUT2D eigenvalue weighted by atomic mass is 9.84. The molecule has 1 saturated carbocycles. The highest BCUT2D eigenvalue weighted by atomic mass is 35.5. The minimum absolute atomic E-state index is 0.